The third kappa shape index (κ3) is 1.98. The highest BCUT2D eigenvalue weighted by Gasteiger charge is 2.52. The minimum atomic E-state index is 0.109. The van der Waals surface area contributed by atoms with Crippen LogP contribution in [0.15, 0.2) is 24.3 Å². The summed E-state index contributed by atoms with van der Waals surface area (Å²) in [6.07, 6.45) is 8.93. The Hall–Kier alpha value is -1.31. The SMILES string of the molecule is O=Cc1ccc(OC23CC4CC(CC(C4)C2)C3)cc1. The van der Waals surface area contributed by atoms with Gasteiger partial charge in [0.1, 0.15) is 17.6 Å². The van der Waals surface area contributed by atoms with Gasteiger partial charge in [-0.3, -0.25) is 4.79 Å². The Labute approximate surface area is 114 Å². The number of benzene rings is 1. The van der Waals surface area contributed by atoms with Crippen LogP contribution in [0.3, 0.4) is 0 Å². The molecule has 0 aliphatic heterocycles. The maximum absolute atomic E-state index is 10.7. The zero-order valence-corrected chi connectivity index (χ0v) is 11.2. The van der Waals surface area contributed by atoms with Crippen LogP contribution >= 0.6 is 0 Å². The second kappa shape index (κ2) is 4.09. The predicted octanol–water partition coefficient (Wildman–Crippen LogP) is 3.85. The van der Waals surface area contributed by atoms with E-state index in [4.69, 9.17) is 4.74 Å². The van der Waals surface area contributed by atoms with Crippen LogP contribution in [0.1, 0.15) is 48.9 Å². The Kier molecular flexibility index (Phi) is 2.48. The summed E-state index contributed by atoms with van der Waals surface area (Å²) in [7, 11) is 0. The van der Waals surface area contributed by atoms with Gasteiger partial charge in [0.25, 0.3) is 0 Å². The van der Waals surface area contributed by atoms with Gasteiger partial charge in [0.2, 0.25) is 0 Å². The lowest BCUT2D eigenvalue weighted by molar-refractivity contribution is -0.107. The standard InChI is InChI=1S/C17H20O2/c18-11-12-1-3-16(4-2-12)19-17-8-13-5-14(9-17)7-15(6-13)10-17/h1-4,11,13-15H,5-10H2. The number of ether oxygens (including phenoxy) is 1. The Morgan fingerprint density at radius 2 is 1.47 bits per heavy atom. The van der Waals surface area contributed by atoms with Gasteiger partial charge in [-0.05, 0) is 80.5 Å². The normalized spacial score (nSPS) is 39.3. The van der Waals surface area contributed by atoms with Crippen molar-refractivity contribution in [3.8, 4) is 5.75 Å². The third-order valence-electron chi connectivity index (χ3n) is 5.33. The number of aldehydes is 1. The van der Waals surface area contributed by atoms with Crippen molar-refractivity contribution in [2.45, 2.75) is 44.1 Å². The Morgan fingerprint density at radius 1 is 0.947 bits per heavy atom. The van der Waals surface area contributed by atoms with Gasteiger partial charge in [0.05, 0.1) is 0 Å². The molecule has 2 nitrogen and oxygen atoms in total. The fourth-order valence-corrected chi connectivity index (χ4v) is 5.02. The molecule has 0 aromatic heterocycles. The Bertz CT molecular complexity index is 453. The summed E-state index contributed by atoms with van der Waals surface area (Å²) in [5.41, 5.74) is 0.829. The van der Waals surface area contributed by atoms with E-state index in [1.54, 1.807) is 0 Å². The van der Waals surface area contributed by atoms with Gasteiger partial charge < -0.3 is 4.74 Å². The van der Waals surface area contributed by atoms with Crippen molar-refractivity contribution in [1.29, 1.82) is 0 Å². The van der Waals surface area contributed by atoms with Crippen molar-refractivity contribution in [2.24, 2.45) is 17.8 Å². The van der Waals surface area contributed by atoms with Gasteiger partial charge >= 0.3 is 0 Å². The molecular weight excluding hydrogens is 236 g/mol. The fourth-order valence-electron chi connectivity index (χ4n) is 5.02. The molecule has 4 aliphatic carbocycles. The molecule has 4 fully saturated rings. The number of hydrogen-bond donors (Lipinski definition) is 0. The number of rotatable bonds is 3. The van der Waals surface area contributed by atoms with Crippen molar-refractivity contribution in [3.05, 3.63) is 29.8 Å². The molecule has 0 heterocycles. The van der Waals surface area contributed by atoms with Gasteiger partial charge in [-0.15, -0.1) is 0 Å². The molecule has 100 valence electrons. The van der Waals surface area contributed by atoms with Gasteiger partial charge in [-0.2, -0.15) is 0 Å². The van der Waals surface area contributed by atoms with E-state index in [1.165, 1.54) is 38.5 Å². The molecule has 19 heavy (non-hydrogen) atoms. The van der Waals surface area contributed by atoms with Gasteiger partial charge in [-0.25, -0.2) is 0 Å². The van der Waals surface area contributed by atoms with Crippen LogP contribution in [-0.2, 0) is 0 Å². The van der Waals surface area contributed by atoms with E-state index in [0.717, 1.165) is 35.4 Å². The molecule has 0 spiro atoms. The molecule has 0 unspecified atom stereocenters. The average Bonchev–Trinajstić information content (AvgIpc) is 2.37. The first-order chi connectivity index (χ1) is 9.25. The minimum absolute atomic E-state index is 0.109. The van der Waals surface area contributed by atoms with Gasteiger partial charge in [0.15, 0.2) is 0 Å². The lowest BCUT2D eigenvalue weighted by Crippen LogP contribution is -2.53. The quantitative estimate of drug-likeness (QED) is 0.768. The van der Waals surface area contributed by atoms with E-state index >= 15 is 0 Å². The lowest BCUT2D eigenvalue weighted by atomic mass is 9.54. The summed E-state index contributed by atoms with van der Waals surface area (Å²) in [5, 5.41) is 0. The number of hydrogen-bond acceptors (Lipinski definition) is 2. The molecule has 0 saturated heterocycles. The average molecular weight is 256 g/mol. The molecule has 1 aromatic carbocycles. The number of carbonyl (C=O) groups excluding carboxylic acids is 1. The molecule has 1 aromatic rings. The van der Waals surface area contributed by atoms with E-state index in [0.29, 0.717) is 0 Å². The summed E-state index contributed by atoms with van der Waals surface area (Å²) in [5.74, 6) is 3.65. The topological polar surface area (TPSA) is 26.3 Å². The molecule has 4 aliphatic rings. The molecule has 4 saturated carbocycles. The van der Waals surface area contributed by atoms with Crippen LogP contribution < -0.4 is 4.74 Å². The zero-order valence-electron chi connectivity index (χ0n) is 11.2. The summed E-state index contributed by atoms with van der Waals surface area (Å²) in [6.45, 7) is 0. The maximum atomic E-state index is 10.7. The van der Waals surface area contributed by atoms with Crippen LogP contribution in [0, 0.1) is 17.8 Å². The fraction of sp³-hybridized carbons (Fsp3) is 0.588. The van der Waals surface area contributed by atoms with Crippen LogP contribution in [0.4, 0.5) is 0 Å². The summed E-state index contributed by atoms with van der Waals surface area (Å²) in [6, 6.07) is 7.59. The zero-order chi connectivity index (χ0) is 12.9. The summed E-state index contributed by atoms with van der Waals surface area (Å²) < 4.78 is 6.40. The van der Waals surface area contributed by atoms with Gasteiger partial charge in [0, 0.05) is 5.56 Å². The Morgan fingerprint density at radius 3 is 1.95 bits per heavy atom. The third-order valence-corrected chi connectivity index (χ3v) is 5.33. The highest BCUT2D eigenvalue weighted by molar-refractivity contribution is 5.74. The second-order valence-corrected chi connectivity index (χ2v) is 6.89. The van der Waals surface area contributed by atoms with Crippen LogP contribution in [0.2, 0.25) is 0 Å². The predicted molar refractivity (Wildman–Crippen MR) is 73.4 cm³/mol. The van der Waals surface area contributed by atoms with Crippen molar-refractivity contribution in [1.82, 2.24) is 0 Å². The molecule has 4 bridgehead atoms. The molecule has 0 radical (unpaired) electrons. The van der Waals surface area contributed by atoms with Crippen LogP contribution in [0.5, 0.6) is 5.75 Å². The molecule has 0 N–H and O–H groups in total. The first kappa shape index (κ1) is 11.5. The highest BCUT2D eigenvalue weighted by atomic mass is 16.5. The first-order valence-electron chi connectivity index (χ1n) is 7.49. The van der Waals surface area contributed by atoms with Crippen molar-refractivity contribution < 1.29 is 9.53 Å². The molecule has 2 heteroatoms. The molecule has 5 rings (SSSR count). The summed E-state index contributed by atoms with van der Waals surface area (Å²) in [4.78, 5) is 10.7. The first-order valence-corrected chi connectivity index (χ1v) is 7.49. The van der Waals surface area contributed by atoms with Crippen LogP contribution in [0.25, 0.3) is 0 Å². The molecule has 0 atom stereocenters. The monoisotopic (exact) mass is 256 g/mol. The van der Waals surface area contributed by atoms with Crippen molar-refractivity contribution in [3.63, 3.8) is 0 Å². The minimum Gasteiger partial charge on any atom is -0.487 e. The van der Waals surface area contributed by atoms with E-state index in [-0.39, 0.29) is 5.60 Å². The van der Waals surface area contributed by atoms with Gasteiger partial charge in [-0.1, -0.05) is 0 Å². The molecule has 0 amide bonds. The molecular formula is C17H20O2. The largest absolute Gasteiger partial charge is 0.487 e. The van der Waals surface area contributed by atoms with E-state index in [2.05, 4.69) is 0 Å². The van der Waals surface area contributed by atoms with E-state index < -0.39 is 0 Å². The number of carbonyl (C=O) groups is 1. The lowest BCUT2D eigenvalue weighted by Gasteiger charge is -2.56. The smallest absolute Gasteiger partial charge is 0.150 e. The Balaban J connectivity index is 1.56. The highest BCUT2D eigenvalue weighted by Crippen LogP contribution is 2.56. The summed E-state index contributed by atoms with van der Waals surface area (Å²) >= 11 is 0. The van der Waals surface area contributed by atoms with Crippen LogP contribution in [-0.4, -0.2) is 11.9 Å². The van der Waals surface area contributed by atoms with Crippen molar-refractivity contribution >= 4 is 6.29 Å². The maximum Gasteiger partial charge on any atom is 0.150 e. The van der Waals surface area contributed by atoms with E-state index in [9.17, 15) is 4.79 Å². The van der Waals surface area contributed by atoms with Crippen molar-refractivity contribution in [2.75, 3.05) is 0 Å². The van der Waals surface area contributed by atoms with E-state index in [1.807, 2.05) is 24.3 Å². The second-order valence-electron chi connectivity index (χ2n) is 6.89.